The average molecular weight is 242 g/mol. The van der Waals surface area contributed by atoms with Crippen molar-refractivity contribution in [3.8, 4) is 0 Å². The lowest BCUT2D eigenvalue weighted by Crippen LogP contribution is -2.02. The maximum absolute atomic E-state index is 11.1. The van der Waals surface area contributed by atoms with Gasteiger partial charge >= 0.3 is 5.97 Å². The molecule has 0 saturated carbocycles. The second-order valence-electron chi connectivity index (χ2n) is 4.18. The van der Waals surface area contributed by atoms with Crippen molar-refractivity contribution in [3.05, 3.63) is 12.2 Å². The number of rotatable bonds is 11. The van der Waals surface area contributed by atoms with Gasteiger partial charge < -0.3 is 9.84 Å². The Morgan fingerprint density at radius 3 is 2.24 bits per heavy atom. The van der Waals surface area contributed by atoms with Crippen LogP contribution in [0.2, 0.25) is 0 Å². The molecule has 0 unspecified atom stereocenters. The van der Waals surface area contributed by atoms with Crippen molar-refractivity contribution in [2.75, 3.05) is 13.2 Å². The van der Waals surface area contributed by atoms with Crippen LogP contribution in [0.5, 0.6) is 0 Å². The third-order valence-electron chi connectivity index (χ3n) is 2.54. The number of ether oxygens (including phenoxy) is 1. The van der Waals surface area contributed by atoms with E-state index in [0.29, 0.717) is 13.2 Å². The number of hydrogen-bond donors (Lipinski definition) is 1. The zero-order chi connectivity index (χ0) is 12.8. The predicted octanol–water partition coefficient (Wildman–Crippen LogP) is 3.22. The molecule has 0 aliphatic heterocycles. The van der Waals surface area contributed by atoms with Gasteiger partial charge in [-0.2, -0.15) is 0 Å². The molecule has 0 aliphatic rings. The molecule has 0 atom stereocenters. The van der Waals surface area contributed by atoms with Crippen LogP contribution >= 0.6 is 0 Å². The van der Waals surface area contributed by atoms with Gasteiger partial charge in [0.15, 0.2) is 0 Å². The van der Waals surface area contributed by atoms with Crippen molar-refractivity contribution in [1.82, 2.24) is 0 Å². The van der Waals surface area contributed by atoms with Crippen LogP contribution in [0.15, 0.2) is 12.2 Å². The molecular weight excluding hydrogens is 216 g/mol. The maximum atomic E-state index is 11.1. The zero-order valence-electron chi connectivity index (χ0n) is 11.0. The molecular formula is C14H26O3. The Balaban J connectivity index is 3.13. The van der Waals surface area contributed by atoms with Gasteiger partial charge in [-0.15, -0.1) is 0 Å². The molecule has 0 radical (unpaired) electrons. The Morgan fingerprint density at radius 2 is 1.65 bits per heavy atom. The summed E-state index contributed by atoms with van der Waals surface area (Å²) in [6.07, 6.45) is 11.9. The number of hydrogen-bond acceptors (Lipinski definition) is 3. The number of unbranched alkanes of at least 4 members (excludes halogenated alkanes) is 6. The van der Waals surface area contributed by atoms with Crippen molar-refractivity contribution in [1.29, 1.82) is 0 Å². The molecule has 100 valence electrons. The Kier molecular flexibility index (Phi) is 12.6. The minimum atomic E-state index is -0.227. The first-order chi connectivity index (χ1) is 8.31. The Labute approximate surface area is 105 Å². The third kappa shape index (κ3) is 13.1. The summed E-state index contributed by atoms with van der Waals surface area (Å²) in [5.41, 5.74) is 0. The van der Waals surface area contributed by atoms with Gasteiger partial charge in [0.25, 0.3) is 0 Å². The van der Waals surface area contributed by atoms with Crippen LogP contribution in [0, 0.1) is 0 Å². The summed E-state index contributed by atoms with van der Waals surface area (Å²) in [6.45, 7) is 2.82. The van der Waals surface area contributed by atoms with Gasteiger partial charge in [0.05, 0.1) is 6.61 Å². The first-order valence-electron chi connectivity index (χ1n) is 6.75. The molecule has 0 amide bonds. The molecule has 0 aromatic carbocycles. The summed E-state index contributed by atoms with van der Waals surface area (Å²) in [4.78, 5) is 11.1. The Hall–Kier alpha value is -0.830. The molecule has 0 aromatic rings. The smallest absolute Gasteiger partial charge is 0.330 e. The summed E-state index contributed by atoms with van der Waals surface area (Å²) in [5.74, 6) is -0.227. The monoisotopic (exact) mass is 242 g/mol. The summed E-state index contributed by atoms with van der Waals surface area (Å²) in [6, 6.07) is 0. The second kappa shape index (κ2) is 13.2. The van der Waals surface area contributed by atoms with E-state index in [0.717, 1.165) is 32.1 Å². The van der Waals surface area contributed by atoms with Gasteiger partial charge in [0.1, 0.15) is 0 Å². The number of carbonyl (C=O) groups is 1. The highest BCUT2D eigenvalue weighted by Gasteiger charge is 1.96. The van der Waals surface area contributed by atoms with Crippen molar-refractivity contribution in [2.24, 2.45) is 0 Å². The fraction of sp³-hybridized carbons (Fsp3) is 0.786. The van der Waals surface area contributed by atoms with E-state index in [2.05, 4.69) is 0 Å². The van der Waals surface area contributed by atoms with Crippen molar-refractivity contribution in [2.45, 2.75) is 58.3 Å². The topological polar surface area (TPSA) is 46.5 Å². The van der Waals surface area contributed by atoms with E-state index >= 15 is 0 Å². The molecule has 0 heterocycles. The van der Waals surface area contributed by atoms with Crippen molar-refractivity contribution >= 4 is 5.97 Å². The number of carbonyl (C=O) groups excluding carboxylic acids is 1. The summed E-state index contributed by atoms with van der Waals surface area (Å²) in [5, 5.41) is 8.60. The molecule has 0 fully saturated rings. The van der Waals surface area contributed by atoms with Crippen LogP contribution < -0.4 is 0 Å². The molecule has 0 rings (SSSR count). The molecule has 1 N–H and O–H groups in total. The SMILES string of the molecule is CCC=CC(=O)OCCCCCCCCCO. The Bertz CT molecular complexity index is 200. The third-order valence-corrected chi connectivity index (χ3v) is 2.54. The van der Waals surface area contributed by atoms with Gasteiger partial charge in [-0.1, -0.05) is 45.1 Å². The molecule has 3 nitrogen and oxygen atoms in total. The molecule has 0 spiro atoms. The van der Waals surface area contributed by atoms with Gasteiger partial charge in [0, 0.05) is 12.7 Å². The van der Waals surface area contributed by atoms with Crippen molar-refractivity contribution < 1.29 is 14.6 Å². The van der Waals surface area contributed by atoms with Crippen LogP contribution in [0.3, 0.4) is 0 Å². The summed E-state index contributed by atoms with van der Waals surface area (Å²) < 4.78 is 5.03. The molecule has 0 saturated heterocycles. The van der Waals surface area contributed by atoms with Crippen LogP contribution in [-0.2, 0) is 9.53 Å². The highest BCUT2D eigenvalue weighted by atomic mass is 16.5. The molecule has 0 bridgehead atoms. The number of esters is 1. The fourth-order valence-electron chi connectivity index (χ4n) is 1.53. The van der Waals surface area contributed by atoms with E-state index < -0.39 is 0 Å². The number of aliphatic hydroxyl groups excluding tert-OH is 1. The van der Waals surface area contributed by atoms with E-state index in [4.69, 9.17) is 9.84 Å². The Morgan fingerprint density at radius 1 is 1.06 bits per heavy atom. The fourth-order valence-corrected chi connectivity index (χ4v) is 1.53. The highest BCUT2D eigenvalue weighted by molar-refractivity contribution is 5.81. The van der Waals surface area contributed by atoms with Gasteiger partial charge in [0.2, 0.25) is 0 Å². The van der Waals surface area contributed by atoms with E-state index in [-0.39, 0.29) is 5.97 Å². The largest absolute Gasteiger partial charge is 0.463 e. The van der Waals surface area contributed by atoms with E-state index in [9.17, 15) is 4.79 Å². The first-order valence-corrected chi connectivity index (χ1v) is 6.75. The lowest BCUT2D eigenvalue weighted by Gasteiger charge is -2.02. The minimum Gasteiger partial charge on any atom is -0.463 e. The summed E-state index contributed by atoms with van der Waals surface area (Å²) >= 11 is 0. The number of aliphatic hydroxyl groups is 1. The molecule has 17 heavy (non-hydrogen) atoms. The van der Waals surface area contributed by atoms with Crippen LogP contribution in [-0.4, -0.2) is 24.3 Å². The minimum absolute atomic E-state index is 0.227. The molecule has 3 heteroatoms. The highest BCUT2D eigenvalue weighted by Crippen LogP contribution is 2.06. The first kappa shape index (κ1) is 16.2. The second-order valence-corrected chi connectivity index (χ2v) is 4.18. The number of allylic oxidation sites excluding steroid dienone is 1. The lowest BCUT2D eigenvalue weighted by atomic mass is 10.1. The summed E-state index contributed by atoms with van der Waals surface area (Å²) in [7, 11) is 0. The molecule has 0 aliphatic carbocycles. The van der Waals surface area contributed by atoms with Gasteiger partial charge in [-0.05, 0) is 19.3 Å². The van der Waals surface area contributed by atoms with Crippen molar-refractivity contribution in [3.63, 3.8) is 0 Å². The normalized spacial score (nSPS) is 10.9. The standard InChI is InChI=1S/C14H26O3/c1-2-3-11-14(16)17-13-10-8-6-4-5-7-9-12-15/h3,11,15H,2,4-10,12-13H2,1H3. The average Bonchev–Trinajstić information content (AvgIpc) is 2.34. The van der Waals surface area contributed by atoms with E-state index in [1.54, 1.807) is 0 Å². The van der Waals surface area contributed by atoms with Gasteiger partial charge in [-0.25, -0.2) is 4.79 Å². The lowest BCUT2D eigenvalue weighted by molar-refractivity contribution is -0.137. The quantitative estimate of drug-likeness (QED) is 0.344. The van der Waals surface area contributed by atoms with Crippen LogP contribution in [0.25, 0.3) is 0 Å². The van der Waals surface area contributed by atoms with Crippen LogP contribution in [0.1, 0.15) is 58.3 Å². The molecule has 0 aromatic heterocycles. The van der Waals surface area contributed by atoms with Crippen LogP contribution in [0.4, 0.5) is 0 Å². The van der Waals surface area contributed by atoms with E-state index in [1.807, 2.05) is 13.0 Å². The van der Waals surface area contributed by atoms with Gasteiger partial charge in [-0.3, -0.25) is 0 Å². The maximum Gasteiger partial charge on any atom is 0.330 e. The predicted molar refractivity (Wildman–Crippen MR) is 69.8 cm³/mol. The zero-order valence-corrected chi connectivity index (χ0v) is 11.0. The van der Waals surface area contributed by atoms with E-state index in [1.165, 1.54) is 25.3 Å².